The number of carbonyl (C=O) groups is 1. The molecule has 0 aliphatic carbocycles. The smallest absolute Gasteiger partial charge is 0.244 e. The van der Waals surface area contributed by atoms with E-state index in [1.165, 1.54) is 11.1 Å². The van der Waals surface area contributed by atoms with Gasteiger partial charge in [-0.25, -0.2) is 8.42 Å². The van der Waals surface area contributed by atoms with Gasteiger partial charge in [0, 0.05) is 24.2 Å². The van der Waals surface area contributed by atoms with Crippen LogP contribution in [0.15, 0.2) is 11.4 Å². The minimum absolute atomic E-state index is 0. The Morgan fingerprint density at radius 2 is 2.05 bits per heavy atom. The summed E-state index contributed by atoms with van der Waals surface area (Å²) in [7, 11) is -3.43. The first-order valence-electron chi connectivity index (χ1n) is 7.19. The standard InChI is InChI=1S/C14H20N2O3S2.ClH/c1-21(18,19)14(4-6-15-7-5-14)13(17)16-8-2-12-11(10-16)3-9-20-12;/h3,9,15H,2,4-8,10H2,1H3;1H. The van der Waals surface area contributed by atoms with E-state index in [1.807, 2.05) is 11.4 Å². The normalized spacial score (nSPS) is 20.9. The Balaban J connectivity index is 0.00000176. The molecule has 0 saturated carbocycles. The van der Waals surface area contributed by atoms with Crippen molar-refractivity contribution in [2.75, 3.05) is 25.9 Å². The fourth-order valence-electron chi connectivity index (χ4n) is 3.28. The van der Waals surface area contributed by atoms with E-state index in [2.05, 4.69) is 5.32 Å². The molecular formula is C14H21ClN2O3S2. The van der Waals surface area contributed by atoms with Crippen molar-refractivity contribution >= 4 is 39.5 Å². The Morgan fingerprint density at radius 3 is 2.68 bits per heavy atom. The van der Waals surface area contributed by atoms with Gasteiger partial charge in [0.1, 0.15) is 0 Å². The second-order valence-electron chi connectivity index (χ2n) is 5.86. The summed E-state index contributed by atoms with van der Waals surface area (Å²) in [5.41, 5.74) is 1.16. The third-order valence-electron chi connectivity index (χ3n) is 4.61. The quantitative estimate of drug-likeness (QED) is 0.856. The molecule has 0 bridgehead atoms. The molecule has 8 heteroatoms. The van der Waals surface area contributed by atoms with E-state index in [0.29, 0.717) is 39.0 Å². The van der Waals surface area contributed by atoms with Gasteiger partial charge < -0.3 is 10.2 Å². The molecule has 2 aliphatic heterocycles. The SMILES string of the molecule is CS(=O)(=O)C1(C(=O)N2CCc3sccc3C2)CCNCC1.Cl. The highest BCUT2D eigenvalue weighted by atomic mass is 35.5. The summed E-state index contributed by atoms with van der Waals surface area (Å²) < 4.78 is 23.4. The van der Waals surface area contributed by atoms with E-state index in [4.69, 9.17) is 0 Å². The zero-order valence-corrected chi connectivity index (χ0v) is 15.0. The van der Waals surface area contributed by atoms with Crippen molar-refractivity contribution in [3.8, 4) is 0 Å². The van der Waals surface area contributed by atoms with Crippen LogP contribution in [0.3, 0.4) is 0 Å². The maximum Gasteiger partial charge on any atom is 0.244 e. The highest BCUT2D eigenvalue weighted by molar-refractivity contribution is 7.92. The Hall–Kier alpha value is -0.630. The monoisotopic (exact) mass is 364 g/mol. The number of sulfone groups is 1. The van der Waals surface area contributed by atoms with Gasteiger partial charge in [0.25, 0.3) is 0 Å². The van der Waals surface area contributed by atoms with Crippen LogP contribution < -0.4 is 5.32 Å². The maximum atomic E-state index is 13.0. The number of amides is 1. The molecule has 1 aromatic rings. The lowest BCUT2D eigenvalue weighted by molar-refractivity contribution is -0.135. The van der Waals surface area contributed by atoms with E-state index >= 15 is 0 Å². The summed E-state index contributed by atoms with van der Waals surface area (Å²) in [5, 5.41) is 5.18. The first-order valence-corrected chi connectivity index (χ1v) is 9.96. The summed E-state index contributed by atoms with van der Waals surface area (Å²) in [4.78, 5) is 16.0. The average molecular weight is 365 g/mol. The lowest BCUT2D eigenvalue weighted by Crippen LogP contribution is -2.58. The number of nitrogens with one attached hydrogen (secondary N) is 1. The van der Waals surface area contributed by atoms with Crippen LogP contribution in [0.25, 0.3) is 0 Å². The van der Waals surface area contributed by atoms with Gasteiger partial charge in [0.15, 0.2) is 14.6 Å². The number of carbonyl (C=O) groups excluding carboxylic acids is 1. The minimum Gasteiger partial charge on any atom is -0.337 e. The third-order valence-corrected chi connectivity index (χ3v) is 7.63. The molecule has 3 heterocycles. The highest BCUT2D eigenvalue weighted by Crippen LogP contribution is 2.33. The maximum absolute atomic E-state index is 13.0. The predicted molar refractivity (Wildman–Crippen MR) is 90.4 cm³/mol. The average Bonchev–Trinajstić information content (AvgIpc) is 2.93. The number of fused-ring (bicyclic) bond motifs is 1. The van der Waals surface area contributed by atoms with Crippen LogP contribution in [0, 0.1) is 0 Å². The number of halogens is 1. The van der Waals surface area contributed by atoms with Gasteiger partial charge in [-0.3, -0.25) is 4.79 Å². The van der Waals surface area contributed by atoms with Gasteiger partial charge in [-0.2, -0.15) is 0 Å². The number of nitrogens with zero attached hydrogens (tertiary/aromatic N) is 1. The largest absolute Gasteiger partial charge is 0.337 e. The molecule has 22 heavy (non-hydrogen) atoms. The fourth-order valence-corrected chi connectivity index (χ4v) is 5.57. The lowest BCUT2D eigenvalue weighted by atomic mass is 9.94. The van der Waals surface area contributed by atoms with E-state index < -0.39 is 14.6 Å². The molecule has 1 fully saturated rings. The molecule has 2 aliphatic rings. The summed E-state index contributed by atoms with van der Waals surface area (Å²) >= 11 is 1.71. The molecule has 0 radical (unpaired) electrons. The van der Waals surface area contributed by atoms with Gasteiger partial charge in [0.2, 0.25) is 5.91 Å². The zero-order chi connectivity index (χ0) is 15.1. The topological polar surface area (TPSA) is 66.5 Å². The molecule has 0 unspecified atom stereocenters. The van der Waals surface area contributed by atoms with Crippen molar-refractivity contribution in [1.82, 2.24) is 10.2 Å². The molecule has 5 nitrogen and oxygen atoms in total. The Labute approximate surface area is 141 Å². The molecule has 1 amide bonds. The molecule has 0 spiro atoms. The highest BCUT2D eigenvalue weighted by Gasteiger charge is 2.50. The number of hydrogen-bond acceptors (Lipinski definition) is 5. The Kier molecular flexibility index (Phi) is 5.21. The second kappa shape index (κ2) is 6.47. The molecule has 0 atom stereocenters. The molecule has 1 aromatic heterocycles. The fraction of sp³-hybridized carbons (Fsp3) is 0.643. The van der Waals surface area contributed by atoms with Gasteiger partial charge in [-0.05, 0) is 49.4 Å². The van der Waals surface area contributed by atoms with Gasteiger partial charge in [-0.15, -0.1) is 23.7 Å². The van der Waals surface area contributed by atoms with Crippen molar-refractivity contribution in [3.05, 3.63) is 21.9 Å². The number of hydrogen-bond donors (Lipinski definition) is 1. The van der Waals surface area contributed by atoms with Gasteiger partial charge >= 0.3 is 0 Å². The Morgan fingerprint density at radius 1 is 1.36 bits per heavy atom. The van der Waals surface area contributed by atoms with E-state index in [0.717, 1.165) is 12.0 Å². The van der Waals surface area contributed by atoms with E-state index in [1.54, 1.807) is 16.2 Å². The van der Waals surface area contributed by atoms with Crippen LogP contribution in [0.1, 0.15) is 23.3 Å². The summed E-state index contributed by atoms with van der Waals surface area (Å²) in [6.45, 7) is 2.33. The van der Waals surface area contributed by atoms with Gasteiger partial charge in [-0.1, -0.05) is 0 Å². The predicted octanol–water partition coefficient (Wildman–Crippen LogP) is 1.22. The van der Waals surface area contributed by atoms with Crippen molar-refractivity contribution < 1.29 is 13.2 Å². The van der Waals surface area contributed by atoms with Crippen LogP contribution in [0.5, 0.6) is 0 Å². The first-order chi connectivity index (χ1) is 9.94. The van der Waals surface area contributed by atoms with Crippen molar-refractivity contribution in [1.29, 1.82) is 0 Å². The van der Waals surface area contributed by atoms with Crippen LogP contribution in [-0.2, 0) is 27.6 Å². The number of rotatable bonds is 2. The lowest BCUT2D eigenvalue weighted by Gasteiger charge is -2.39. The van der Waals surface area contributed by atoms with Crippen LogP contribution in [0.4, 0.5) is 0 Å². The number of piperidine rings is 1. The van der Waals surface area contributed by atoms with Crippen molar-refractivity contribution in [2.24, 2.45) is 0 Å². The van der Waals surface area contributed by atoms with E-state index in [-0.39, 0.29) is 18.3 Å². The van der Waals surface area contributed by atoms with Crippen LogP contribution in [-0.4, -0.2) is 49.9 Å². The van der Waals surface area contributed by atoms with Crippen molar-refractivity contribution in [2.45, 2.75) is 30.6 Å². The molecular weight excluding hydrogens is 344 g/mol. The number of thiophene rings is 1. The minimum atomic E-state index is -3.43. The molecule has 1 saturated heterocycles. The molecule has 124 valence electrons. The zero-order valence-electron chi connectivity index (χ0n) is 12.5. The van der Waals surface area contributed by atoms with E-state index in [9.17, 15) is 13.2 Å². The van der Waals surface area contributed by atoms with Crippen molar-refractivity contribution in [3.63, 3.8) is 0 Å². The van der Waals surface area contributed by atoms with Gasteiger partial charge in [0.05, 0.1) is 0 Å². The third kappa shape index (κ3) is 2.91. The molecule has 0 aromatic carbocycles. The molecule has 3 rings (SSSR count). The summed E-state index contributed by atoms with van der Waals surface area (Å²) in [6.07, 6.45) is 2.78. The first kappa shape index (κ1) is 17.7. The van der Waals surface area contributed by atoms with Crippen LogP contribution >= 0.6 is 23.7 Å². The molecule has 1 N–H and O–H groups in total. The summed E-state index contributed by atoms with van der Waals surface area (Å²) in [5.74, 6) is -0.205. The summed E-state index contributed by atoms with van der Waals surface area (Å²) in [6, 6.07) is 2.04. The second-order valence-corrected chi connectivity index (χ2v) is 9.19. The Bertz CT molecular complexity index is 651. The van der Waals surface area contributed by atoms with Crippen LogP contribution in [0.2, 0.25) is 0 Å².